The molecule has 0 aliphatic carbocycles. The molecule has 2 heterocycles. The molecular weight excluding hydrogens is 157 g/mol. The molecule has 0 atom stereocenters. The number of pyridine rings is 1. The van der Waals surface area contributed by atoms with Gasteiger partial charge in [-0.05, 0) is 18.2 Å². The van der Waals surface area contributed by atoms with Crippen LogP contribution < -0.4 is 0 Å². The maximum Gasteiger partial charge on any atom is 0.213 e. The predicted octanol–water partition coefficient (Wildman–Crippen LogP) is 1.61. The first-order valence-corrected chi connectivity index (χ1v) is 3.49. The second kappa shape index (κ2) is 2.73. The van der Waals surface area contributed by atoms with Crippen LogP contribution in [0.15, 0.2) is 30.5 Å². The molecule has 0 saturated heterocycles. The minimum absolute atomic E-state index is 0.490. The summed E-state index contributed by atoms with van der Waals surface area (Å²) in [4.78, 5) is 3.67. The smallest absolute Gasteiger partial charge is 0.213 e. The zero-order valence-corrected chi connectivity index (χ0v) is 6.16. The summed E-state index contributed by atoms with van der Waals surface area (Å²) >= 11 is 0. The van der Waals surface area contributed by atoms with Crippen LogP contribution in [0.5, 0.6) is 0 Å². The Morgan fingerprint density at radius 1 is 1.17 bits per heavy atom. The van der Waals surface area contributed by atoms with Gasteiger partial charge < -0.3 is 0 Å². The Hall–Kier alpha value is -1.71. The average molecular weight is 163 g/mol. The van der Waals surface area contributed by atoms with Gasteiger partial charge in [0.25, 0.3) is 0 Å². The SMILES string of the molecule is Fc1cccc(-c2cc[nH]n2)n1. The molecule has 12 heavy (non-hydrogen) atoms. The lowest BCUT2D eigenvalue weighted by Crippen LogP contribution is -1.86. The molecule has 2 aromatic heterocycles. The second-order valence-corrected chi connectivity index (χ2v) is 2.31. The zero-order chi connectivity index (χ0) is 8.39. The fourth-order valence-electron chi connectivity index (χ4n) is 0.954. The molecular formula is C8H6FN3. The van der Waals surface area contributed by atoms with E-state index in [0.29, 0.717) is 11.4 Å². The van der Waals surface area contributed by atoms with Gasteiger partial charge in [-0.2, -0.15) is 9.49 Å². The summed E-state index contributed by atoms with van der Waals surface area (Å²) in [6, 6.07) is 6.35. The van der Waals surface area contributed by atoms with Crippen molar-refractivity contribution >= 4 is 0 Å². The minimum atomic E-state index is -0.490. The maximum absolute atomic E-state index is 12.6. The molecule has 0 aliphatic heterocycles. The number of rotatable bonds is 1. The number of hydrogen-bond acceptors (Lipinski definition) is 2. The number of nitrogens with one attached hydrogen (secondary N) is 1. The van der Waals surface area contributed by atoms with Crippen LogP contribution in [0, 0.1) is 5.95 Å². The van der Waals surface area contributed by atoms with E-state index < -0.39 is 5.95 Å². The van der Waals surface area contributed by atoms with E-state index in [0.717, 1.165) is 0 Å². The molecule has 3 nitrogen and oxygen atoms in total. The third-order valence-electron chi connectivity index (χ3n) is 1.48. The van der Waals surface area contributed by atoms with Crippen molar-refractivity contribution in [3.05, 3.63) is 36.4 Å². The van der Waals surface area contributed by atoms with Crippen molar-refractivity contribution in [2.45, 2.75) is 0 Å². The molecule has 60 valence electrons. The predicted molar refractivity (Wildman–Crippen MR) is 41.8 cm³/mol. The van der Waals surface area contributed by atoms with E-state index in [9.17, 15) is 4.39 Å². The topological polar surface area (TPSA) is 41.6 Å². The van der Waals surface area contributed by atoms with Crippen molar-refractivity contribution < 1.29 is 4.39 Å². The van der Waals surface area contributed by atoms with E-state index in [4.69, 9.17) is 0 Å². The average Bonchev–Trinajstić information content (AvgIpc) is 2.56. The van der Waals surface area contributed by atoms with Crippen molar-refractivity contribution in [1.29, 1.82) is 0 Å². The number of nitrogens with zero attached hydrogens (tertiary/aromatic N) is 2. The lowest BCUT2D eigenvalue weighted by atomic mass is 10.3. The van der Waals surface area contributed by atoms with Gasteiger partial charge in [0.2, 0.25) is 5.95 Å². The molecule has 0 aromatic carbocycles. The second-order valence-electron chi connectivity index (χ2n) is 2.31. The lowest BCUT2D eigenvalue weighted by molar-refractivity contribution is 0.585. The number of aromatic nitrogens is 3. The summed E-state index contributed by atoms with van der Waals surface area (Å²) in [7, 11) is 0. The fraction of sp³-hybridized carbons (Fsp3) is 0. The van der Waals surface area contributed by atoms with Gasteiger partial charge in [0, 0.05) is 6.20 Å². The van der Waals surface area contributed by atoms with Gasteiger partial charge in [-0.15, -0.1) is 0 Å². The Labute approximate surface area is 68.3 Å². The summed E-state index contributed by atoms with van der Waals surface area (Å²) in [5.41, 5.74) is 1.19. The Morgan fingerprint density at radius 2 is 2.08 bits per heavy atom. The van der Waals surface area contributed by atoms with Crippen molar-refractivity contribution in [1.82, 2.24) is 15.2 Å². The van der Waals surface area contributed by atoms with Gasteiger partial charge >= 0.3 is 0 Å². The highest BCUT2D eigenvalue weighted by Gasteiger charge is 2.00. The molecule has 0 fully saturated rings. The van der Waals surface area contributed by atoms with Crippen molar-refractivity contribution in [2.75, 3.05) is 0 Å². The minimum Gasteiger partial charge on any atom is -0.285 e. The highest BCUT2D eigenvalue weighted by atomic mass is 19.1. The van der Waals surface area contributed by atoms with E-state index in [1.165, 1.54) is 6.07 Å². The molecule has 0 radical (unpaired) electrons. The number of hydrogen-bond donors (Lipinski definition) is 1. The third-order valence-corrected chi connectivity index (χ3v) is 1.48. The number of aromatic amines is 1. The van der Waals surface area contributed by atoms with Crippen molar-refractivity contribution in [2.24, 2.45) is 0 Å². The fourth-order valence-corrected chi connectivity index (χ4v) is 0.954. The first-order chi connectivity index (χ1) is 5.86. The molecule has 0 saturated carbocycles. The van der Waals surface area contributed by atoms with Crippen LogP contribution in [0.1, 0.15) is 0 Å². The molecule has 1 N–H and O–H groups in total. The first kappa shape index (κ1) is 6.97. The lowest BCUT2D eigenvalue weighted by Gasteiger charge is -1.93. The molecule has 0 bridgehead atoms. The summed E-state index contributed by atoms with van der Waals surface area (Å²) < 4.78 is 12.6. The van der Waals surface area contributed by atoms with Crippen LogP contribution in [-0.4, -0.2) is 15.2 Å². The van der Waals surface area contributed by atoms with E-state index in [1.807, 2.05) is 0 Å². The largest absolute Gasteiger partial charge is 0.285 e. The van der Waals surface area contributed by atoms with Crippen LogP contribution in [0.2, 0.25) is 0 Å². The van der Waals surface area contributed by atoms with Gasteiger partial charge in [0.1, 0.15) is 5.69 Å². The zero-order valence-electron chi connectivity index (χ0n) is 6.16. The molecule has 0 amide bonds. The third kappa shape index (κ3) is 1.18. The van der Waals surface area contributed by atoms with Crippen LogP contribution in [0.25, 0.3) is 11.4 Å². The van der Waals surface area contributed by atoms with Gasteiger partial charge in [0.05, 0.1) is 5.69 Å². The number of halogens is 1. The summed E-state index contributed by atoms with van der Waals surface area (Å²) in [5.74, 6) is -0.490. The van der Waals surface area contributed by atoms with E-state index in [1.54, 1.807) is 24.4 Å². The van der Waals surface area contributed by atoms with Gasteiger partial charge in [-0.25, -0.2) is 4.98 Å². The van der Waals surface area contributed by atoms with Crippen LogP contribution in [0.4, 0.5) is 4.39 Å². The van der Waals surface area contributed by atoms with Gasteiger partial charge in [-0.1, -0.05) is 6.07 Å². The Bertz CT molecular complexity index is 370. The molecule has 0 aliphatic rings. The highest BCUT2D eigenvalue weighted by Crippen LogP contribution is 2.12. The molecule has 2 rings (SSSR count). The van der Waals surface area contributed by atoms with E-state index in [2.05, 4.69) is 15.2 Å². The summed E-state index contributed by atoms with van der Waals surface area (Å²) in [6.07, 6.45) is 1.67. The number of H-pyrrole nitrogens is 1. The van der Waals surface area contributed by atoms with Crippen LogP contribution >= 0.6 is 0 Å². The monoisotopic (exact) mass is 163 g/mol. The Morgan fingerprint density at radius 3 is 2.75 bits per heavy atom. The van der Waals surface area contributed by atoms with E-state index in [-0.39, 0.29) is 0 Å². The summed E-state index contributed by atoms with van der Waals surface area (Å²) in [6.45, 7) is 0. The van der Waals surface area contributed by atoms with Gasteiger partial charge in [0.15, 0.2) is 0 Å². The van der Waals surface area contributed by atoms with E-state index >= 15 is 0 Å². The van der Waals surface area contributed by atoms with Crippen LogP contribution in [-0.2, 0) is 0 Å². The highest BCUT2D eigenvalue weighted by molar-refractivity contribution is 5.52. The standard InChI is InChI=1S/C8H6FN3/c9-8-3-1-2-6(11-8)7-4-5-10-12-7/h1-5H,(H,10,12). The normalized spacial score (nSPS) is 10.1. The molecule has 2 aromatic rings. The molecule has 0 unspecified atom stereocenters. The molecule has 0 spiro atoms. The first-order valence-electron chi connectivity index (χ1n) is 3.49. The maximum atomic E-state index is 12.6. The van der Waals surface area contributed by atoms with Crippen LogP contribution in [0.3, 0.4) is 0 Å². The van der Waals surface area contributed by atoms with Crippen molar-refractivity contribution in [3.8, 4) is 11.4 Å². The summed E-state index contributed by atoms with van der Waals surface area (Å²) in [5, 5.41) is 6.51. The Kier molecular flexibility index (Phi) is 1.59. The van der Waals surface area contributed by atoms with Gasteiger partial charge in [-0.3, -0.25) is 5.10 Å². The quantitative estimate of drug-likeness (QED) is 0.649. The molecule has 4 heteroatoms. The van der Waals surface area contributed by atoms with Crippen molar-refractivity contribution in [3.63, 3.8) is 0 Å². The Balaban J connectivity index is 2.48.